The minimum absolute atomic E-state index is 0. The van der Waals surface area contributed by atoms with E-state index in [1.54, 1.807) is 45.0 Å². The van der Waals surface area contributed by atoms with E-state index in [2.05, 4.69) is 22.2 Å². The maximum atomic E-state index is 14.4. The summed E-state index contributed by atoms with van der Waals surface area (Å²) >= 11 is 0. The third-order valence-electron chi connectivity index (χ3n) is 9.48. The van der Waals surface area contributed by atoms with Gasteiger partial charge >= 0.3 is 41.6 Å². The van der Waals surface area contributed by atoms with Crippen LogP contribution in [-0.4, -0.2) is 90.3 Å². The second kappa shape index (κ2) is 15.6. The molecule has 3 amide bonds. The number of nitrogens with one attached hydrogen (secondary N) is 2. The van der Waals surface area contributed by atoms with Crippen molar-refractivity contribution < 1.29 is 77.6 Å². The smallest absolute Gasteiger partial charge is 0.543 e. The summed E-state index contributed by atoms with van der Waals surface area (Å²) in [6.07, 6.45) is 3.48. The summed E-state index contributed by atoms with van der Waals surface area (Å²) in [5.41, 5.74) is -2.22. The fourth-order valence-corrected chi connectivity index (χ4v) is 6.67. The Kier molecular flexibility index (Phi) is 12.1. The van der Waals surface area contributed by atoms with Crippen molar-refractivity contribution in [2.45, 2.75) is 89.1 Å². The van der Waals surface area contributed by atoms with Gasteiger partial charge in [-0.2, -0.15) is 0 Å². The van der Waals surface area contributed by atoms with Crippen LogP contribution in [0.5, 0.6) is 11.5 Å². The molecule has 1 saturated heterocycles. The molecule has 1 aromatic heterocycles. The molecule has 2 aromatic rings. The second-order valence-corrected chi connectivity index (χ2v) is 13.9. The Balaban J connectivity index is 0.00000562. The zero-order valence-corrected chi connectivity index (χ0v) is 31.4. The Hall–Kier alpha value is -3.88. The van der Waals surface area contributed by atoms with Crippen molar-refractivity contribution in [2.24, 2.45) is 11.3 Å². The molecule has 3 aliphatic rings. The van der Waals surface area contributed by atoms with Crippen LogP contribution in [-0.2, 0) is 23.9 Å². The Bertz CT molecular complexity index is 1660. The van der Waals surface area contributed by atoms with Gasteiger partial charge in [0.1, 0.15) is 41.3 Å². The van der Waals surface area contributed by atoms with E-state index in [0.29, 0.717) is 11.1 Å². The zero-order valence-electron chi connectivity index (χ0n) is 29.4. The number of nitrogens with zero attached hydrogens (tertiary/aromatic N) is 2. The molecular weight excluding hydrogens is 659 g/mol. The largest absolute Gasteiger partial charge is 1.00 e. The number of pyridine rings is 1. The number of hydrogen-bond acceptors (Lipinski definition) is 11. The molecule has 15 heteroatoms. The van der Waals surface area contributed by atoms with Crippen LogP contribution in [0.15, 0.2) is 36.9 Å². The first kappa shape index (κ1) is 38.9. The number of fused-ring (bicyclic) bond motifs is 1. The quantitative estimate of drug-likeness (QED) is 0.171. The number of methoxy groups -OCH3 is 2. The third-order valence-corrected chi connectivity index (χ3v) is 9.48. The average Bonchev–Trinajstić information content (AvgIpc) is 3.34. The summed E-state index contributed by atoms with van der Waals surface area (Å²) in [4.78, 5) is 71.5. The summed E-state index contributed by atoms with van der Waals surface area (Å²) in [7, 11) is 2.69. The van der Waals surface area contributed by atoms with Gasteiger partial charge in [0.2, 0.25) is 11.8 Å². The van der Waals surface area contributed by atoms with Gasteiger partial charge in [-0.1, -0.05) is 26.8 Å². The molecule has 50 heavy (non-hydrogen) atoms. The molecular formula is C35H43N4NaO10. The summed E-state index contributed by atoms with van der Waals surface area (Å²) < 4.78 is 22.2. The molecule has 0 radical (unpaired) electrons. The summed E-state index contributed by atoms with van der Waals surface area (Å²) in [5.74, 6) is -3.09. The molecule has 5 atom stereocenters. The van der Waals surface area contributed by atoms with Crippen LogP contribution in [0.4, 0.5) is 4.79 Å². The van der Waals surface area contributed by atoms with Gasteiger partial charge in [0.25, 0.3) is 0 Å². The third kappa shape index (κ3) is 8.18. The molecule has 1 aromatic carbocycles. The number of ether oxygens (including phenoxy) is 4. The monoisotopic (exact) mass is 702 g/mol. The molecule has 14 nitrogen and oxygen atoms in total. The van der Waals surface area contributed by atoms with Gasteiger partial charge in [-0.15, -0.1) is 6.58 Å². The van der Waals surface area contributed by atoms with Crippen molar-refractivity contribution in [2.75, 3.05) is 20.8 Å². The van der Waals surface area contributed by atoms with Crippen molar-refractivity contribution in [3.05, 3.63) is 42.6 Å². The maximum Gasteiger partial charge on any atom is 1.00 e. The summed E-state index contributed by atoms with van der Waals surface area (Å²) in [6, 6.07) is 3.89. The van der Waals surface area contributed by atoms with E-state index in [9.17, 15) is 29.1 Å². The number of carbonyl (C=O) groups is 5. The topological polar surface area (TPSA) is 186 Å². The first-order valence-corrected chi connectivity index (χ1v) is 16.4. The molecule has 2 N–H and O–H groups in total. The van der Waals surface area contributed by atoms with Gasteiger partial charge in [-0.3, -0.25) is 9.59 Å². The molecule has 5 rings (SSSR count). The van der Waals surface area contributed by atoms with E-state index in [-0.39, 0.29) is 77.9 Å². The molecule has 1 aliphatic heterocycles. The number of alkyl carbamates (subject to hydrolysis) is 1. The number of likely N-dealkylation sites (tertiary alicyclic amines) is 1. The van der Waals surface area contributed by atoms with Gasteiger partial charge < -0.3 is 44.4 Å². The number of aromatic carboxylic acids is 1. The van der Waals surface area contributed by atoms with Crippen LogP contribution >= 0.6 is 0 Å². The van der Waals surface area contributed by atoms with Gasteiger partial charge in [0, 0.05) is 29.9 Å². The first-order valence-electron chi connectivity index (χ1n) is 16.4. The van der Waals surface area contributed by atoms with Crippen LogP contribution in [0.3, 0.4) is 0 Å². The first-order chi connectivity index (χ1) is 23.2. The van der Waals surface area contributed by atoms with Crippen molar-refractivity contribution in [1.29, 1.82) is 0 Å². The van der Waals surface area contributed by atoms with Gasteiger partial charge in [-0.05, 0) is 49.7 Å². The molecule has 264 valence electrons. The van der Waals surface area contributed by atoms with Crippen molar-refractivity contribution in [1.82, 2.24) is 20.5 Å². The number of hydrogen-bond donors (Lipinski definition) is 2. The molecule has 2 heterocycles. The standard InChI is InChI=1S/C35H44N4O10.Na/c1-7-19-17-35(19,32(44)47-6)38-29(40)26-15-22(48-27-16-25(31(42)43)36-24-14-21(46-5)12-13-23(24)27)18-39(26)30(41)28(34(2,3)4)37-33(45)49-20-10-8-9-11-20;/h7,12-14,16,19-20,22,26,28H,1,8-11,15,17-18H2,2-6H3,(H,37,45)(H,38,40)(H,42,43);/q;+1/p-1/t19-,22-,26+,28-,35-;/m1./s1. The van der Waals surface area contributed by atoms with E-state index < -0.39 is 59.0 Å². The predicted octanol–water partition coefficient (Wildman–Crippen LogP) is -0.723. The molecule has 0 spiro atoms. The van der Waals surface area contributed by atoms with E-state index in [1.807, 2.05) is 0 Å². The van der Waals surface area contributed by atoms with Crippen LogP contribution in [0.2, 0.25) is 0 Å². The van der Waals surface area contributed by atoms with E-state index in [0.717, 1.165) is 25.7 Å². The molecule has 0 unspecified atom stereocenters. The summed E-state index contributed by atoms with van der Waals surface area (Å²) in [6.45, 7) is 9.02. The van der Waals surface area contributed by atoms with E-state index in [1.165, 1.54) is 25.2 Å². The SMILES string of the molecule is C=C[C@@H]1C[C@]1(NC(=O)[C@@H]1C[C@@H](Oc2cc(C(=O)[O-])nc3cc(OC)ccc23)CN1C(=O)[C@@H](NC(=O)OC1CCCC1)C(C)(C)C)C(=O)OC.[Na+]. The number of esters is 1. The number of carboxylic acid groups (broad SMARTS) is 1. The fourth-order valence-electron chi connectivity index (χ4n) is 6.67. The van der Waals surface area contributed by atoms with Gasteiger partial charge in [-0.25, -0.2) is 14.6 Å². The molecule has 2 saturated carbocycles. The van der Waals surface area contributed by atoms with E-state index >= 15 is 0 Å². The maximum absolute atomic E-state index is 14.4. The summed E-state index contributed by atoms with van der Waals surface area (Å²) in [5, 5.41) is 17.9. The molecule has 0 bridgehead atoms. The predicted molar refractivity (Wildman–Crippen MR) is 173 cm³/mol. The number of benzene rings is 1. The number of aromatic nitrogens is 1. The fraction of sp³-hybridized carbons (Fsp3) is 0.543. The average molecular weight is 703 g/mol. The van der Waals surface area contributed by atoms with Gasteiger partial charge in [0.15, 0.2) is 0 Å². The number of carboxylic acids is 1. The Morgan fingerprint density at radius 1 is 1.10 bits per heavy atom. The Morgan fingerprint density at radius 3 is 2.38 bits per heavy atom. The molecule has 2 aliphatic carbocycles. The van der Waals surface area contributed by atoms with Crippen molar-refractivity contribution >= 4 is 40.7 Å². The van der Waals surface area contributed by atoms with Crippen LogP contribution in [0.25, 0.3) is 10.9 Å². The van der Waals surface area contributed by atoms with Crippen molar-refractivity contribution in [3.63, 3.8) is 0 Å². The van der Waals surface area contributed by atoms with Crippen LogP contribution in [0, 0.1) is 11.3 Å². The molecule has 3 fully saturated rings. The van der Waals surface area contributed by atoms with Crippen LogP contribution < -0.4 is 54.8 Å². The van der Waals surface area contributed by atoms with Crippen molar-refractivity contribution in [3.8, 4) is 11.5 Å². The Morgan fingerprint density at radius 2 is 1.80 bits per heavy atom. The number of amides is 3. The zero-order chi connectivity index (χ0) is 35.7. The Labute approximate surface area is 312 Å². The van der Waals surface area contributed by atoms with E-state index in [4.69, 9.17) is 18.9 Å². The van der Waals surface area contributed by atoms with Crippen LogP contribution in [0.1, 0.15) is 69.8 Å². The number of carbonyl (C=O) groups excluding carboxylic acids is 5. The normalized spacial score (nSPS) is 23.6. The minimum Gasteiger partial charge on any atom is -0.543 e. The second-order valence-electron chi connectivity index (χ2n) is 13.9. The van der Waals surface area contributed by atoms with Gasteiger partial charge in [0.05, 0.1) is 37.9 Å². The minimum atomic E-state index is -1.52. The number of rotatable bonds is 11.